The molecule has 1 fully saturated rings. The van der Waals surface area contributed by atoms with Crippen LogP contribution in [0.4, 0.5) is 5.69 Å². The monoisotopic (exact) mass is 423 g/mol. The van der Waals surface area contributed by atoms with E-state index in [4.69, 9.17) is 11.6 Å². The zero-order chi connectivity index (χ0) is 20.9. The third-order valence-electron chi connectivity index (χ3n) is 5.10. The van der Waals surface area contributed by atoms with Crippen molar-refractivity contribution >= 4 is 29.1 Å². The minimum atomic E-state index is -0.351. The van der Waals surface area contributed by atoms with E-state index in [1.807, 2.05) is 54.6 Å². The Hall–Kier alpha value is -3.32. The molecule has 2 aromatic carbocycles. The average Bonchev–Trinajstić information content (AvgIpc) is 3.28. The highest BCUT2D eigenvalue weighted by atomic mass is 35.5. The normalized spacial score (nSPS) is 13.9. The van der Waals surface area contributed by atoms with E-state index in [9.17, 15) is 9.59 Å². The van der Waals surface area contributed by atoms with Gasteiger partial charge in [0.05, 0.1) is 12.2 Å². The number of nitrogens with zero attached hydrogens (tertiary/aromatic N) is 3. The molecule has 0 radical (unpaired) electrons. The lowest BCUT2D eigenvalue weighted by Crippen LogP contribution is -2.51. The van der Waals surface area contributed by atoms with Crippen molar-refractivity contribution in [3.8, 4) is 11.3 Å². The lowest BCUT2D eigenvalue weighted by atomic mass is 10.1. The second kappa shape index (κ2) is 9.00. The Balaban J connectivity index is 1.27. The van der Waals surface area contributed by atoms with E-state index in [2.05, 4.69) is 20.4 Å². The number of H-pyrrole nitrogens is 1. The van der Waals surface area contributed by atoms with Gasteiger partial charge in [0.2, 0.25) is 5.91 Å². The van der Waals surface area contributed by atoms with E-state index in [-0.39, 0.29) is 18.4 Å². The fourth-order valence-corrected chi connectivity index (χ4v) is 3.63. The van der Waals surface area contributed by atoms with Gasteiger partial charge in [0.15, 0.2) is 0 Å². The topological polar surface area (TPSA) is 81.3 Å². The zero-order valence-corrected chi connectivity index (χ0v) is 17.1. The van der Waals surface area contributed by atoms with Gasteiger partial charge in [0.1, 0.15) is 5.69 Å². The highest BCUT2D eigenvalue weighted by Crippen LogP contribution is 2.21. The van der Waals surface area contributed by atoms with E-state index in [1.54, 1.807) is 11.0 Å². The predicted octanol–water partition coefficient (Wildman–Crippen LogP) is 2.81. The summed E-state index contributed by atoms with van der Waals surface area (Å²) in [5.41, 5.74) is 2.98. The molecule has 0 unspecified atom stereocenters. The fourth-order valence-electron chi connectivity index (χ4n) is 3.44. The lowest BCUT2D eigenvalue weighted by Gasteiger charge is -2.36. The van der Waals surface area contributed by atoms with Crippen LogP contribution in [0.2, 0.25) is 5.02 Å². The smallest absolute Gasteiger partial charge is 0.269 e. The number of aromatic nitrogens is 2. The van der Waals surface area contributed by atoms with Crippen molar-refractivity contribution < 1.29 is 9.59 Å². The number of carbonyl (C=O) groups is 2. The van der Waals surface area contributed by atoms with E-state index in [0.717, 1.165) is 24.3 Å². The molecule has 7 nitrogen and oxygen atoms in total. The summed E-state index contributed by atoms with van der Waals surface area (Å²) in [6, 6.07) is 19.0. The standard InChI is InChI=1S/C22H22ClN5O2/c23-17-7-4-8-18(13-17)27-9-11-28(12-10-27)21(29)15-24-22(30)20-14-19(25-26-20)16-5-2-1-3-6-16/h1-8,13-14H,9-12,15H2,(H,24,30)(H,25,26). The van der Waals surface area contributed by atoms with Crippen LogP contribution < -0.4 is 10.2 Å². The first-order valence-corrected chi connectivity index (χ1v) is 10.2. The average molecular weight is 424 g/mol. The molecule has 1 saturated heterocycles. The van der Waals surface area contributed by atoms with Gasteiger partial charge in [-0.25, -0.2) is 0 Å². The predicted molar refractivity (Wildman–Crippen MR) is 117 cm³/mol. The largest absolute Gasteiger partial charge is 0.368 e. The molecule has 2 amide bonds. The van der Waals surface area contributed by atoms with Crippen molar-refractivity contribution in [1.29, 1.82) is 0 Å². The van der Waals surface area contributed by atoms with Gasteiger partial charge in [0, 0.05) is 42.5 Å². The highest BCUT2D eigenvalue weighted by molar-refractivity contribution is 6.30. The summed E-state index contributed by atoms with van der Waals surface area (Å²) in [6.07, 6.45) is 0. The zero-order valence-electron chi connectivity index (χ0n) is 16.3. The number of halogens is 1. The summed E-state index contributed by atoms with van der Waals surface area (Å²) in [5, 5.41) is 10.3. The first-order chi connectivity index (χ1) is 14.6. The number of aromatic amines is 1. The Morgan fingerprint density at radius 2 is 1.77 bits per heavy atom. The Kier molecular flexibility index (Phi) is 5.99. The molecule has 0 spiro atoms. The quantitative estimate of drug-likeness (QED) is 0.661. The van der Waals surface area contributed by atoms with Gasteiger partial charge in [-0.05, 0) is 24.3 Å². The van der Waals surface area contributed by atoms with Crippen LogP contribution in [0.3, 0.4) is 0 Å². The van der Waals surface area contributed by atoms with Crippen molar-refractivity contribution in [1.82, 2.24) is 20.4 Å². The molecule has 30 heavy (non-hydrogen) atoms. The molecular formula is C22H22ClN5O2. The Morgan fingerprint density at radius 3 is 2.50 bits per heavy atom. The third kappa shape index (κ3) is 4.63. The maximum absolute atomic E-state index is 12.5. The van der Waals surface area contributed by atoms with E-state index in [1.165, 1.54) is 0 Å². The molecule has 1 aromatic heterocycles. The summed E-state index contributed by atoms with van der Waals surface area (Å²) in [6.45, 7) is 2.60. The molecular weight excluding hydrogens is 402 g/mol. The minimum absolute atomic E-state index is 0.0459. The van der Waals surface area contributed by atoms with Gasteiger partial charge in [-0.1, -0.05) is 48.0 Å². The Labute approximate surface area is 179 Å². The van der Waals surface area contributed by atoms with Crippen molar-refractivity contribution in [2.75, 3.05) is 37.6 Å². The van der Waals surface area contributed by atoms with Crippen LogP contribution in [0.15, 0.2) is 60.7 Å². The van der Waals surface area contributed by atoms with Crippen LogP contribution in [0.1, 0.15) is 10.5 Å². The van der Waals surface area contributed by atoms with E-state index >= 15 is 0 Å². The van der Waals surface area contributed by atoms with Crippen LogP contribution in [0.5, 0.6) is 0 Å². The molecule has 1 aliphatic rings. The Bertz CT molecular complexity index is 1030. The van der Waals surface area contributed by atoms with Crippen LogP contribution >= 0.6 is 11.6 Å². The van der Waals surface area contributed by atoms with Crippen LogP contribution in [-0.4, -0.2) is 59.6 Å². The SMILES string of the molecule is O=C(NCC(=O)N1CCN(c2cccc(Cl)c2)CC1)c1cc(-c2ccccc2)n[nH]1. The fraction of sp³-hybridized carbons (Fsp3) is 0.227. The second-order valence-corrected chi connectivity index (χ2v) is 7.50. The molecule has 2 N–H and O–H groups in total. The molecule has 0 aliphatic carbocycles. The van der Waals surface area contributed by atoms with Crippen molar-refractivity contribution in [2.24, 2.45) is 0 Å². The summed E-state index contributed by atoms with van der Waals surface area (Å²) < 4.78 is 0. The van der Waals surface area contributed by atoms with Crippen molar-refractivity contribution in [2.45, 2.75) is 0 Å². The number of hydrogen-bond donors (Lipinski definition) is 2. The summed E-state index contributed by atoms with van der Waals surface area (Å²) in [5.74, 6) is -0.451. The highest BCUT2D eigenvalue weighted by Gasteiger charge is 2.22. The van der Waals surface area contributed by atoms with Gasteiger partial charge in [-0.15, -0.1) is 0 Å². The van der Waals surface area contributed by atoms with Crippen LogP contribution in [-0.2, 0) is 4.79 Å². The van der Waals surface area contributed by atoms with Crippen LogP contribution in [0, 0.1) is 0 Å². The van der Waals surface area contributed by atoms with E-state index in [0.29, 0.717) is 29.5 Å². The van der Waals surface area contributed by atoms with Gasteiger partial charge in [-0.3, -0.25) is 14.7 Å². The van der Waals surface area contributed by atoms with Crippen LogP contribution in [0.25, 0.3) is 11.3 Å². The first kappa shape index (κ1) is 20.0. The molecule has 8 heteroatoms. The van der Waals surface area contributed by atoms with E-state index < -0.39 is 0 Å². The van der Waals surface area contributed by atoms with Gasteiger partial charge in [-0.2, -0.15) is 5.10 Å². The molecule has 0 atom stereocenters. The number of benzene rings is 2. The first-order valence-electron chi connectivity index (χ1n) is 9.77. The summed E-state index contributed by atoms with van der Waals surface area (Å²) in [4.78, 5) is 28.8. The van der Waals surface area contributed by atoms with Gasteiger partial charge in [0.25, 0.3) is 5.91 Å². The molecule has 3 aromatic rings. The number of amides is 2. The number of hydrogen-bond acceptors (Lipinski definition) is 4. The second-order valence-electron chi connectivity index (χ2n) is 7.06. The number of anilines is 1. The maximum atomic E-state index is 12.5. The number of piperazine rings is 1. The molecule has 1 aliphatic heterocycles. The molecule has 0 bridgehead atoms. The molecule has 0 saturated carbocycles. The third-order valence-corrected chi connectivity index (χ3v) is 5.33. The minimum Gasteiger partial charge on any atom is -0.368 e. The number of carbonyl (C=O) groups excluding carboxylic acids is 2. The Morgan fingerprint density at radius 1 is 1.00 bits per heavy atom. The number of nitrogens with one attached hydrogen (secondary N) is 2. The molecule has 2 heterocycles. The van der Waals surface area contributed by atoms with Gasteiger partial charge >= 0.3 is 0 Å². The summed E-state index contributed by atoms with van der Waals surface area (Å²) in [7, 11) is 0. The lowest BCUT2D eigenvalue weighted by molar-refractivity contribution is -0.130. The van der Waals surface area contributed by atoms with Crippen molar-refractivity contribution in [3.63, 3.8) is 0 Å². The molecule has 4 rings (SSSR count). The maximum Gasteiger partial charge on any atom is 0.269 e. The number of rotatable bonds is 5. The summed E-state index contributed by atoms with van der Waals surface area (Å²) >= 11 is 6.06. The molecule has 154 valence electrons. The van der Waals surface area contributed by atoms with Gasteiger partial charge < -0.3 is 15.1 Å². The van der Waals surface area contributed by atoms with Crippen molar-refractivity contribution in [3.05, 3.63) is 71.4 Å².